The normalized spacial score (nSPS) is 15.4. The lowest BCUT2D eigenvalue weighted by Gasteiger charge is -2.29. The van der Waals surface area contributed by atoms with Gasteiger partial charge in [-0.2, -0.15) is 0 Å². The van der Waals surface area contributed by atoms with E-state index in [2.05, 4.69) is 5.32 Å². The first-order chi connectivity index (χ1) is 15.1. The molecule has 6 nitrogen and oxygen atoms in total. The van der Waals surface area contributed by atoms with Crippen LogP contribution in [-0.2, 0) is 19.1 Å². The summed E-state index contributed by atoms with van der Waals surface area (Å²) >= 11 is 0. The predicted molar refractivity (Wildman–Crippen MR) is 126 cm³/mol. The first-order valence-electron chi connectivity index (χ1n) is 11.4. The number of fused-ring (bicyclic) bond motifs is 1. The zero-order valence-electron chi connectivity index (χ0n) is 19.6. The number of benzene rings is 2. The smallest absolute Gasteiger partial charge is 0.313 e. The number of nitrogens with zero attached hydrogens (tertiary/aromatic N) is 1. The van der Waals surface area contributed by atoms with Gasteiger partial charge in [0.25, 0.3) is 5.91 Å². The summed E-state index contributed by atoms with van der Waals surface area (Å²) in [6.45, 7) is 7.76. The van der Waals surface area contributed by atoms with Crippen LogP contribution in [-0.4, -0.2) is 36.5 Å². The summed E-state index contributed by atoms with van der Waals surface area (Å²) in [5, 5.41) is 4.95. The Bertz CT molecular complexity index is 981. The van der Waals surface area contributed by atoms with Crippen molar-refractivity contribution in [2.24, 2.45) is 5.41 Å². The average Bonchev–Trinajstić information content (AvgIpc) is 3.20. The van der Waals surface area contributed by atoms with E-state index in [-0.39, 0.29) is 30.4 Å². The van der Waals surface area contributed by atoms with Gasteiger partial charge in [-0.1, -0.05) is 49.2 Å². The van der Waals surface area contributed by atoms with Crippen molar-refractivity contribution in [3.05, 3.63) is 42.5 Å². The molecular formula is C26H34N2O4. The van der Waals surface area contributed by atoms with Gasteiger partial charge in [0.1, 0.15) is 0 Å². The minimum atomic E-state index is -0.841. The molecule has 32 heavy (non-hydrogen) atoms. The van der Waals surface area contributed by atoms with Crippen LogP contribution in [0.4, 0.5) is 5.69 Å². The van der Waals surface area contributed by atoms with Gasteiger partial charge in [-0.05, 0) is 52.0 Å². The number of ether oxygens (including phenoxy) is 1. The SMILES string of the molecule is CCN(C(=O)COC(=O)C1(CC(=O)NC(C)(C)C)CCCC1)c1cccc2ccccc12. The highest BCUT2D eigenvalue weighted by molar-refractivity contribution is 6.04. The Morgan fingerprint density at radius 1 is 1.03 bits per heavy atom. The molecule has 0 aromatic heterocycles. The van der Waals surface area contributed by atoms with Crippen molar-refractivity contribution in [2.45, 2.75) is 65.3 Å². The number of hydrogen-bond acceptors (Lipinski definition) is 4. The number of nitrogens with one attached hydrogen (secondary N) is 1. The summed E-state index contributed by atoms with van der Waals surface area (Å²) in [6.07, 6.45) is 3.07. The van der Waals surface area contributed by atoms with Crippen molar-refractivity contribution in [2.75, 3.05) is 18.1 Å². The summed E-state index contributed by atoms with van der Waals surface area (Å²) < 4.78 is 5.53. The molecule has 0 atom stereocenters. The van der Waals surface area contributed by atoms with E-state index in [9.17, 15) is 14.4 Å². The molecule has 2 amide bonds. The monoisotopic (exact) mass is 438 g/mol. The fraction of sp³-hybridized carbons (Fsp3) is 0.500. The molecule has 1 fully saturated rings. The molecule has 0 bridgehead atoms. The van der Waals surface area contributed by atoms with Crippen LogP contribution in [0.1, 0.15) is 59.8 Å². The topological polar surface area (TPSA) is 75.7 Å². The maximum absolute atomic E-state index is 13.1. The van der Waals surface area contributed by atoms with Gasteiger partial charge < -0.3 is 15.0 Å². The molecule has 0 aliphatic heterocycles. The average molecular weight is 439 g/mol. The fourth-order valence-electron chi connectivity index (χ4n) is 4.56. The summed E-state index contributed by atoms with van der Waals surface area (Å²) in [7, 11) is 0. The first kappa shape index (κ1) is 23.8. The Kier molecular flexibility index (Phi) is 7.22. The fourth-order valence-corrected chi connectivity index (χ4v) is 4.56. The van der Waals surface area contributed by atoms with Gasteiger partial charge >= 0.3 is 5.97 Å². The van der Waals surface area contributed by atoms with Gasteiger partial charge in [0.15, 0.2) is 6.61 Å². The molecule has 1 N–H and O–H groups in total. The molecule has 0 heterocycles. The second-order valence-corrected chi connectivity index (χ2v) is 9.67. The van der Waals surface area contributed by atoms with Gasteiger partial charge in [0.05, 0.1) is 11.1 Å². The van der Waals surface area contributed by atoms with Crippen LogP contribution in [0.2, 0.25) is 0 Å². The van der Waals surface area contributed by atoms with Gasteiger partial charge in [0, 0.05) is 23.9 Å². The lowest BCUT2D eigenvalue weighted by atomic mass is 9.82. The Morgan fingerprint density at radius 2 is 1.69 bits per heavy atom. The molecule has 172 valence electrons. The molecule has 1 aliphatic carbocycles. The van der Waals surface area contributed by atoms with Gasteiger partial charge in [-0.15, -0.1) is 0 Å². The molecule has 1 aliphatic rings. The van der Waals surface area contributed by atoms with E-state index in [4.69, 9.17) is 4.74 Å². The number of carbonyl (C=O) groups excluding carboxylic acids is 3. The molecular weight excluding hydrogens is 404 g/mol. The van der Waals surface area contributed by atoms with Crippen LogP contribution in [0.25, 0.3) is 10.8 Å². The summed E-state index contributed by atoms with van der Waals surface area (Å²) in [4.78, 5) is 40.3. The van der Waals surface area contributed by atoms with E-state index >= 15 is 0 Å². The zero-order valence-corrected chi connectivity index (χ0v) is 19.6. The Balaban J connectivity index is 1.70. The van der Waals surface area contributed by atoms with Gasteiger partial charge in [0.2, 0.25) is 5.91 Å². The quantitative estimate of drug-likeness (QED) is 0.641. The van der Waals surface area contributed by atoms with Crippen LogP contribution in [0, 0.1) is 5.41 Å². The van der Waals surface area contributed by atoms with Crippen LogP contribution in [0.5, 0.6) is 0 Å². The maximum atomic E-state index is 13.1. The number of amides is 2. The van der Waals surface area contributed by atoms with Gasteiger partial charge in [-0.25, -0.2) is 0 Å². The zero-order chi connectivity index (χ0) is 23.4. The van der Waals surface area contributed by atoms with Crippen molar-refractivity contribution < 1.29 is 19.1 Å². The number of carbonyl (C=O) groups is 3. The Hall–Kier alpha value is -2.89. The minimum Gasteiger partial charge on any atom is -0.455 e. The molecule has 6 heteroatoms. The molecule has 2 aromatic rings. The van der Waals surface area contributed by atoms with Crippen molar-refractivity contribution >= 4 is 34.2 Å². The highest BCUT2D eigenvalue weighted by Gasteiger charge is 2.45. The summed E-state index contributed by atoms with van der Waals surface area (Å²) in [5.74, 6) is -0.875. The predicted octanol–water partition coefficient (Wildman–Crippen LogP) is 4.60. The lowest BCUT2D eigenvalue weighted by molar-refractivity contribution is -0.160. The van der Waals surface area contributed by atoms with Crippen LogP contribution >= 0.6 is 0 Å². The number of rotatable bonds is 7. The summed E-state index contributed by atoms with van der Waals surface area (Å²) in [5.41, 5.74) is -0.407. The molecule has 3 rings (SSSR count). The van der Waals surface area contributed by atoms with E-state index in [0.717, 1.165) is 29.3 Å². The number of anilines is 1. The van der Waals surface area contributed by atoms with Gasteiger partial charge in [-0.3, -0.25) is 14.4 Å². The number of hydrogen-bond donors (Lipinski definition) is 1. The first-order valence-corrected chi connectivity index (χ1v) is 11.4. The minimum absolute atomic E-state index is 0.0953. The summed E-state index contributed by atoms with van der Waals surface area (Å²) in [6, 6.07) is 13.7. The van der Waals surface area contributed by atoms with Crippen molar-refractivity contribution in [3.8, 4) is 0 Å². The van der Waals surface area contributed by atoms with E-state index in [1.807, 2.05) is 70.2 Å². The second kappa shape index (κ2) is 9.72. The molecule has 2 aromatic carbocycles. The second-order valence-electron chi connectivity index (χ2n) is 9.67. The van der Waals surface area contributed by atoms with E-state index in [1.165, 1.54) is 0 Å². The van der Waals surface area contributed by atoms with Crippen LogP contribution < -0.4 is 10.2 Å². The highest BCUT2D eigenvalue weighted by atomic mass is 16.5. The van der Waals surface area contributed by atoms with E-state index in [1.54, 1.807) is 4.90 Å². The largest absolute Gasteiger partial charge is 0.455 e. The third-order valence-electron chi connectivity index (χ3n) is 6.01. The van der Waals surface area contributed by atoms with Crippen LogP contribution in [0.3, 0.4) is 0 Å². The van der Waals surface area contributed by atoms with Crippen molar-refractivity contribution in [3.63, 3.8) is 0 Å². The molecule has 1 saturated carbocycles. The number of likely N-dealkylation sites (N-methyl/N-ethyl adjacent to an activating group) is 1. The van der Waals surface area contributed by atoms with E-state index in [0.29, 0.717) is 19.4 Å². The Morgan fingerprint density at radius 3 is 2.34 bits per heavy atom. The molecule has 0 saturated heterocycles. The molecule has 0 spiro atoms. The van der Waals surface area contributed by atoms with E-state index < -0.39 is 11.4 Å². The third kappa shape index (κ3) is 5.47. The highest BCUT2D eigenvalue weighted by Crippen LogP contribution is 2.42. The lowest BCUT2D eigenvalue weighted by Crippen LogP contribution is -2.45. The Labute approximate surface area is 190 Å². The third-order valence-corrected chi connectivity index (χ3v) is 6.01. The van der Waals surface area contributed by atoms with Crippen molar-refractivity contribution in [1.82, 2.24) is 5.32 Å². The molecule has 0 unspecified atom stereocenters. The maximum Gasteiger partial charge on any atom is 0.313 e. The molecule has 0 radical (unpaired) electrons. The number of esters is 1. The standard InChI is InChI=1S/C26H34N2O4/c1-5-28(21-14-10-12-19-11-6-7-13-20(19)21)23(30)18-32-24(31)26(15-8-9-16-26)17-22(29)27-25(2,3)4/h6-7,10-14H,5,8-9,15-18H2,1-4H3,(H,27,29). The van der Waals surface area contributed by atoms with Crippen LogP contribution in [0.15, 0.2) is 42.5 Å². The van der Waals surface area contributed by atoms with Crippen molar-refractivity contribution in [1.29, 1.82) is 0 Å².